The van der Waals surface area contributed by atoms with E-state index in [0.717, 1.165) is 5.52 Å². The van der Waals surface area contributed by atoms with E-state index in [0.29, 0.717) is 0 Å². The summed E-state index contributed by atoms with van der Waals surface area (Å²) in [4.78, 5) is 11.4. The van der Waals surface area contributed by atoms with E-state index in [4.69, 9.17) is 4.74 Å². The van der Waals surface area contributed by atoms with E-state index in [2.05, 4.69) is 6.58 Å². The first-order chi connectivity index (χ1) is 9.81. The van der Waals surface area contributed by atoms with E-state index < -0.39 is 7.25 Å². The van der Waals surface area contributed by atoms with E-state index in [-0.39, 0.29) is 19.1 Å². The Morgan fingerprint density at radius 1 is 1.33 bits per heavy atom. The zero-order valence-corrected chi connectivity index (χ0v) is 11.7. The van der Waals surface area contributed by atoms with Crippen molar-refractivity contribution in [2.24, 2.45) is 0 Å². The van der Waals surface area contributed by atoms with Crippen LogP contribution in [0.2, 0.25) is 0 Å². The molecule has 0 unspecified atom stereocenters. The van der Waals surface area contributed by atoms with Crippen molar-refractivity contribution in [1.82, 2.24) is 0 Å². The minimum atomic E-state index is -6.00. The quantitative estimate of drug-likeness (QED) is 0.285. The molecule has 0 saturated heterocycles. The van der Waals surface area contributed by atoms with Gasteiger partial charge in [-0.25, -0.2) is 4.79 Å². The summed E-state index contributed by atoms with van der Waals surface area (Å²) in [6.45, 7) is 4.01. The molecule has 0 aliphatic heterocycles. The second-order valence-corrected chi connectivity index (χ2v) is 4.67. The first-order valence-corrected chi connectivity index (χ1v) is 6.68. The number of halogens is 4. The number of esters is 1. The average molecular weight is 321 g/mol. The zero-order valence-electron chi connectivity index (χ0n) is 10.8. The Morgan fingerprint density at radius 2 is 1.95 bits per heavy atom. The molecule has 21 heavy (non-hydrogen) atoms. The number of para-hydroxylation sites is 1. The van der Waals surface area contributed by atoms with Crippen LogP contribution in [0.15, 0.2) is 42.4 Å². The predicted molar refractivity (Wildman–Crippen MR) is 73.4 cm³/mol. The van der Waals surface area contributed by atoms with Crippen LogP contribution in [-0.4, -0.2) is 19.8 Å². The molecule has 0 radical (unpaired) electrons. The maximum absolute atomic E-state index is 11.4. The van der Waals surface area contributed by atoms with E-state index in [1.807, 2.05) is 34.3 Å². The molecule has 0 spiro atoms. The number of benzene rings is 1. The van der Waals surface area contributed by atoms with Crippen molar-refractivity contribution in [3.63, 3.8) is 0 Å². The van der Waals surface area contributed by atoms with Crippen molar-refractivity contribution in [2.45, 2.75) is 6.54 Å². The largest absolute Gasteiger partial charge is 0.673 e. The van der Waals surface area contributed by atoms with Gasteiger partial charge in [0.05, 0.1) is 0 Å². The molecule has 0 bridgehead atoms. The van der Waals surface area contributed by atoms with Crippen LogP contribution in [0.3, 0.4) is 0 Å². The topological polar surface area (TPSA) is 30.2 Å². The molecule has 3 nitrogen and oxygen atoms in total. The van der Waals surface area contributed by atoms with Gasteiger partial charge in [0, 0.05) is 6.07 Å². The van der Waals surface area contributed by atoms with Crippen LogP contribution in [0.25, 0.3) is 10.2 Å². The predicted octanol–water partition coefficient (Wildman–Crippen LogP) is 3.22. The van der Waals surface area contributed by atoms with Crippen molar-refractivity contribution in [2.75, 3.05) is 6.61 Å². The summed E-state index contributed by atoms with van der Waals surface area (Å²) in [6, 6.07) is 7.97. The second-order valence-electron chi connectivity index (χ2n) is 3.79. The molecule has 0 amide bonds. The van der Waals surface area contributed by atoms with Crippen LogP contribution in [0.4, 0.5) is 17.3 Å². The molecule has 114 valence electrons. The van der Waals surface area contributed by atoms with Gasteiger partial charge in [0.2, 0.25) is 17.6 Å². The third kappa shape index (κ3) is 6.89. The van der Waals surface area contributed by atoms with Gasteiger partial charge in [0.15, 0.2) is 0 Å². The van der Waals surface area contributed by atoms with E-state index in [9.17, 15) is 22.1 Å². The van der Waals surface area contributed by atoms with Crippen LogP contribution < -0.4 is 4.57 Å². The van der Waals surface area contributed by atoms with Gasteiger partial charge < -0.3 is 22.0 Å². The highest BCUT2D eigenvalue weighted by molar-refractivity contribution is 7.16. The number of ether oxygens (including phenoxy) is 1. The lowest BCUT2D eigenvalue weighted by molar-refractivity contribution is -0.655. The Labute approximate surface area is 122 Å². The van der Waals surface area contributed by atoms with E-state index in [1.54, 1.807) is 17.4 Å². The van der Waals surface area contributed by atoms with Crippen LogP contribution >= 0.6 is 11.3 Å². The van der Waals surface area contributed by atoms with Crippen molar-refractivity contribution in [3.8, 4) is 0 Å². The highest BCUT2D eigenvalue weighted by atomic mass is 32.1. The fourth-order valence-electron chi connectivity index (χ4n) is 1.43. The minimum Gasteiger partial charge on any atom is -0.457 e. The van der Waals surface area contributed by atoms with E-state index in [1.165, 1.54) is 4.70 Å². The van der Waals surface area contributed by atoms with Gasteiger partial charge in [0.1, 0.15) is 11.3 Å². The average Bonchev–Trinajstić information content (AvgIpc) is 2.78. The fraction of sp³-hybridized carbons (Fsp3) is 0.167. The Morgan fingerprint density at radius 3 is 2.57 bits per heavy atom. The van der Waals surface area contributed by atoms with Crippen LogP contribution in [0.5, 0.6) is 0 Å². The normalized spacial score (nSPS) is 10.7. The van der Waals surface area contributed by atoms with Gasteiger partial charge in [-0.1, -0.05) is 36.1 Å². The second kappa shape index (κ2) is 7.77. The Bertz CT molecular complexity index is 609. The summed E-state index contributed by atoms with van der Waals surface area (Å²) in [5.74, 6) is -0.242. The number of thiazole rings is 1. The number of nitrogens with zero attached hydrogens (tertiary/aromatic N) is 1. The third-order valence-corrected chi connectivity index (χ3v) is 3.10. The molecule has 0 aliphatic rings. The monoisotopic (exact) mass is 321 g/mol. The lowest BCUT2D eigenvalue weighted by Gasteiger charge is -1.97. The zero-order chi connectivity index (χ0) is 15.9. The van der Waals surface area contributed by atoms with Gasteiger partial charge in [-0.15, -0.1) is 0 Å². The molecule has 0 N–H and O–H groups in total. The van der Waals surface area contributed by atoms with Crippen LogP contribution in [0.1, 0.15) is 0 Å². The minimum absolute atomic E-state index is 0.242. The highest BCUT2D eigenvalue weighted by Crippen LogP contribution is 2.14. The Kier molecular flexibility index (Phi) is 6.35. The summed E-state index contributed by atoms with van der Waals surface area (Å²) in [7, 11) is -6.00. The van der Waals surface area contributed by atoms with Crippen LogP contribution in [-0.2, 0) is 16.1 Å². The number of carbonyl (C=O) groups is 1. The lowest BCUT2D eigenvalue weighted by Crippen LogP contribution is -2.37. The molecule has 0 aliphatic carbocycles. The van der Waals surface area contributed by atoms with Gasteiger partial charge in [-0.3, -0.25) is 0 Å². The summed E-state index contributed by atoms with van der Waals surface area (Å²) >= 11 is 1.61. The Hall–Kier alpha value is -1.90. The molecule has 2 aromatic rings. The molecule has 0 saturated carbocycles. The summed E-state index contributed by atoms with van der Waals surface area (Å²) in [6.07, 6.45) is 1.56. The SMILES string of the molecule is C=CCOC(=O)C[n+]1csc2ccccc21.F[B-](F)(F)F. The number of rotatable bonds is 4. The Balaban J connectivity index is 0.000000383. The molecular weight excluding hydrogens is 309 g/mol. The van der Waals surface area contributed by atoms with Crippen molar-refractivity contribution < 1.29 is 31.4 Å². The van der Waals surface area contributed by atoms with E-state index >= 15 is 0 Å². The maximum Gasteiger partial charge on any atom is 0.673 e. The van der Waals surface area contributed by atoms with Crippen molar-refractivity contribution in [3.05, 3.63) is 42.4 Å². The lowest BCUT2D eigenvalue weighted by atomic mass is 10.3. The number of fused-ring (bicyclic) bond motifs is 1. The van der Waals surface area contributed by atoms with Crippen molar-refractivity contribution >= 4 is 34.8 Å². The molecule has 1 aromatic heterocycles. The number of hydrogen-bond donors (Lipinski definition) is 0. The van der Waals surface area contributed by atoms with Gasteiger partial charge in [-0.2, -0.15) is 4.57 Å². The van der Waals surface area contributed by atoms with Crippen LogP contribution in [0, 0.1) is 0 Å². The fourth-order valence-corrected chi connectivity index (χ4v) is 2.32. The summed E-state index contributed by atoms with van der Waals surface area (Å²) in [5.41, 5.74) is 2.99. The molecule has 0 atom stereocenters. The maximum atomic E-state index is 11.4. The smallest absolute Gasteiger partial charge is 0.457 e. The first-order valence-electron chi connectivity index (χ1n) is 5.81. The summed E-state index contributed by atoms with van der Waals surface area (Å²) in [5, 5.41) is 0. The number of carbonyl (C=O) groups excluding carboxylic acids is 1. The molecule has 1 aromatic carbocycles. The molecular formula is C12H12BF4NO2S. The molecule has 1 heterocycles. The third-order valence-electron chi connectivity index (χ3n) is 2.14. The molecule has 9 heteroatoms. The van der Waals surface area contributed by atoms with Gasteiger partial charge >= 0.3 is 13.2 Å². The first kappa shape index (κ1) is 17.2. The molecule has 2 rings (SSSR count). The van der Waals surface area contributed by atoms with Gasteiger partial charge in [-0.05, 0) is 6.07 Å². The van der Waals surface area contributed by atoms with Crippen molar-refractivity contribution in [1.29, 1.82) is 0 Å². The highest BCUT2D eigenvalue weighted by Gasteiger charge is 2.20. The molecule has 0 fully saturated rings. The van der Waals surface area contributed by atoms with Gasteiger partial charge in [0.25, 0.3) is 0 Å². The summed E-state index contributed by atoms with van der Waals surface area (Å²) < 4.78 is 47.0. The number of hydrogen-bond acceptors (Lipinski definition) is 3. The standard InChI is InChI=1S/C12H12NO2S.BF4/c1-2-7-15-12(14)8-13-9-16-11-6-4-3-5-10(11)13;2-1(3,4)5/h2-6,9H,1,7-8H2;/q+1;-1. The number of aromatic nitrogens is 1.